The highest BCUT2D eigenvalue weighted by atomic mass is 32.2. The van der Waals surface area contributed by atoms with E-state index >= 15 is 0 Å². The number of hydrogen-bond donors (Lipinski definition) is 1. The molecule has 0 amide bonds. The minimum absolute atomic E-state index is 0.0354. The van der Waals surface area contributed by atoms with Crippen LogP contribution in [0.3, 0.4) is 0 Å². The van der Waals surface area contributed by atoms with Crippen LogP contribution in [-0.2, 0) is 11.8 Å². The van der Waals surface area contributed by atoms with E-state index in [9.17, 15) is 5.11 Å². The van der Waals surface area contributed by atoms with E-state index in [1.165, 1.54) is 32.1 Å². The normalized spacial score (nSPS) is 45.4. The molecular weight excluding hydrogens is 392 g/mol. The summed E-state index contributed by atoms with van der Waals surface area (Å²) in [6, 6.07) is 0. The summed E-state index contributed by atoms with van der Waals surface area (Å²) >= 11 is 1.73. The molecule has 0 aliphatic heterocycles. The molecule has 1 heterocycles. The van der Waals surface area contributed by atoms with Gasteiger partial charge in [-0.3, -0.25) is 0 Å². The van der Waals surface area contributed by atoms with Gasteiger partial charge >= 0.3 is 0 Å². The number of thioether (sulfide) groups is 1. The summed E-state index contributed by atoms with van der Waals surface area (Å²) in [6.45, 7) is 4.96. The van der Waals surface area contributed by atoms with Gasteiger partial charge in [0.15, 0.2) is 5.16 Å². The fourth-order valence-corrected chi connectivity index (χ4v) is 9.15. The van der Waals surface area contributed by atoms with Gasteiger partial charge in [-0.25, -0.2) is 4.98 Å². The molecule has 3 fully saturated rings. The second kappa shape index (κ2) is 7.38. The standard InChI is InChI=1S/C25H38N2O2S/c1-23-10-7-18(29-4)15-17(23)5-6-19-20(23)8-11-24(2)21(19)9-12-25(24,28)16-30-22-26-13-14-27(22)3/h13-15,18-21,28H,5-12,16H2,1-4H3/t18-,19-,20-,21+,23+,24+,25-/m1/s1. The summed E-state index contributed by atoms with van der Waals surface area (Å²) in [4.78, 5) is 4.47. The Hall–Kier alpha value is -0.780. The molecule has 1 N–H and O–H groups in total. The predicted octanol–water partition coefficient (Wildman–Crippen LogP) is 5.22. The molecule has 4 aliphatic rings. The van der Waals surface area contributed by atoms with Gasteiger partial charge in [0.1, 0.15) is 0 Å². The van der Waals surface area contributed by atoms with Crippen LogP contribution in [0.4, 0.5) is 0 Å². The van der Waals surface area contributed by atoms with Gasteiger partial charge in [-0.2, -0.15) is 0 Å². The maximum Gasteiger partial charge on any atom is 0.167 e. The van der Waals surface area contributed by atoms with Crippen molar-refractivity contribution in [2.75, 3.05) is 12.9 Å². The molecule has 30 heavy (non-hydrogen) atoms. The molecule has 0 aromatic carbocycles. The van der Waals surface area contributed by atoms with Crippen molar-refractivity contribution in [1.29, 1.82) is 0 Å². The summed E-state index contributed by atoms with van der Waals surface area (Å²) in [5.74, 6) is 2.96. The molecule has 5 rings (SSSR count). The first kappa shape index (κ1) is 21.1. The maximum absolute atomic E-state index is 11.9. The van der Waals surface area contributed by atoms with E-state index in [0.29, 0.717) is 17.4 Å². The van der Waals surface area contributed by atoms with Crippen molar-refractivity contribution in [3.63, 3.8) is 0 Å². The third kappa shape index (κ3) is 2.98. The minimum Gasteiger partial charge on any atom is -0.388 e. The highest BCUT2D eigenvalue weighted by Gasteiger charge is 2.63. The quantitative estimate of drug-likeness (QED) is 0.525. The zero-order valence-corrected chi connectivity index (χ0v) is 19.9. The summed E-state index contributed by atoms with van der Waals surface area (Å²) in [5, 5.41) is 12.9. The van der Waals surface area contributed by atoms with Crippen LogP contribution in [-0.4, -0.2) is 39.2 Å². The highest BCUT2D eigenvalue weighted by molar-refractivity contribution is 7.99. The van der Waals surface area contributed by atoms with Crippen LogP contribution in [0.25, 0.3) is 0 Å². The van der Waals surface area contributed by atoms with Crippen LogP contribution in [0.2, 0.25) is 0 Å². The van der Waals surface area contributed by atoms with E-state index in [1.807, 2.05) is 26.6 Å². The van der Waals surface area contributed by atoms with Gasteiger partial charge in [0.2, 0.25) is 0 Å². The summed E-state index contributed by atoms with van der Waals surface area (Å²) < 4.78 is 7.74. The Balaban J connectivity index is 1.37. The largest absolute Gasteiger partial charge is 0.388 e. The van der Waals surface area contributed by atoms with Crippen LogP contribution >= 0.6 is 11.8 Å². The van der Waals surface area contributed by atoms with Crippen molar-refractivity contribution in [3.8, 4) is 0 Å². The number of allylic oxidation sites excluding steroid dienone is 1. The number of aromatic nitrogens is 2. The molecule has 0 bridgehead atoms. The number of imidazole rings is 1. The van der Waals surface area contributed by atoms with Crippen molar-refractivity contribution in [2.24, 2.45) is 35.6 Å². The van der Waals surface area contributed by atoms with Crippen molar-refractivity contribution in [3.05, 3.63) is 24.0 Å². The Morgan fingerprint density at radius 2 is 1.97 bits per heavy atom. The van der Waals surface area contributed by atoms with Crippen LogP contribution in [0.5, 0.6) is 0 Å². The molecule has 4 aliphatic carbocycles. The lowest BCUT2D eigenvalue weighted by Crippen LogP contribution is -2.55. The molecule has 0 unspecified atom stereocenters. The van der Waals surface area contributed by atoms with Crippen molar-refractivity contribution >= 4 is 11.8 Å². The maximum atomic E-state index is 11.9. The van der Waals surface area contributed by atoms with E-state index in [4.69, 9.17) is 4.74 Å². The number of methoxy groups -OCH3 is 1. The Kier molecular flexibility index (Phi) is 5.19. The molecule has 0 saturated heterocycles. The third-order valence-corrected chi connectivity index (χ3v) is 11.2. The smallest absolute Gasteiger partial charge is 0.167 e. The SMILES string of the molecule is CO[C@H]1C=C2CC[C@@H]3[C@@H](CC[C@@]4(C)[C@H]3CC[C@@]4(O)CSc3nccn3C)[C@@]2(C)CC1. The molecule has 3 saturated carbocycles. The zero-order valence-electron chi connectivity index (χ0n) is 19.1. The number of nitrogens with zero attached hydrogens (tertiary/aromatic N) is 2. The molecule has 166 valence electrons. The second-order valence-corrected chi connectivity index (χ2v) is 11.9. The van der Waals surface area contributed by atoms with Crippen molar-refractivity contribution in [2.45, 2.75) is 82.1 Å². The number of rotatable bonds is 4. The van der Waals surface area contributed by atoms with E-state index in [-0.39, 0.29) is 5.41 Å². The average molecular weight is 431 g/mol. The molecule has 1 aromatic heterocycles. The van der Waals surface area contributed by atoms with Crippen LogP contribution in [0, 0.1) is 28.6 Å². The Morgan fingerprint density at radius 3 is 2.70 bits per heavy atom. The number of ether oxygens (including phenoxy) is 1. The van der Waals surface area contributed by atoms with Gasteiger partial charge in [0.25, 0.3) is 0 Å². The number of aryl methyl sites for hydroxylation is 1. The van der Waals surface area contributed by atoms with Crippen LogP contribution in [0.15, 0.2) is 29.2 Å². The number of fused-ring (bicyclic) bond motifs is 5. The van der Waals surface area contributed by atoms with Crippen molar-refractivity contribution in [1.82, 2.24) is 9.55 Å². The fourth-order valence-electron chi connectivity index (χ4n) is 7.90. The molecule has 0 spiro atoms. The third-order valence-electron chi connectivity index (χ3n) is 9.91. The number of aliphatic hydroxyl groups is 1. The van der Waals surface area contributed by atoms with E-state index in [0.717, 1.165) is 42.0 Å². The summed E-state index contributed by atoms with van der Waals surface area (Å²) in [5.41, 5.74) is 1.48. The predicted molar refractivity (Wildman–Crippen MR) is 121 cm³/mol. The first-order valence-electron chi connectivity index (χ1n) is 11.9. The highest BCUT2D eigenvalue weighted by Crippen LogP contribution is 2.68. The van der Waals surface area contributed by atoms with Gasteiger partial charge < -0.3 is 14.4 Å². The van der Waals surface area contributed by atoms with Crippen LogP contribution in [0.1, 0.15) is 65.2 Å². The topological polar surface area (TPSA) is 47.3 Å². The lowest BCUT2D eigenvalue weighted by atomic mass is 9.46. The average Bonchev–Trinajstić information content (AvgIpc) is 3.26. The monoisotopic (exact) mass is 430 g/mol. The molecule has 7 atom stereocenters. The van der Waals surface area contributed by atoms with Crippen LogP contribution < -0.4 is 0 Å². The Bertz CT molecular complexity index is 837. The van der Waals surface area contributed by atoms with E-state index < -0.39 is 5.60 Å². The summed E-state index contributed by atoms with van der Waals surface area (Å²) in [6.07, 6.45) is 16.1. The zero-order chi connectivity index (χ0) is 21.1. The first-order valence-corrected chi connectivity index (χ1v) is 12.9. The molecule has 4 nitrogen and oxygen atoms in total. The summed E-state index contributed by atoms with van der Waals surface area (Å²) in [7, 11) is 3.89. The van der Waals surface area contributed by atoms with Crippen molar-refractivity contribution < 1.29 is 9.84 Å². The Labute approximate surface area is 185 Å². The van der Waals surface area contributed by atoms with Gasteiger partial charge in [-0.05, 0) is 74.5 Å². The molecular formula is C25H38N2O2S. The lowest BCUT2D eigenvalue weighted by Gasteiger charge is -2.59. The minimum atomic E-state index is -0.579. The van der Waals surface area contributed by atoms with Gasteiger partial charge in [0, 0.05) is 37.7 Å². The van der Waals surface area contributed by atoms with Gasteiger partial charge in [0.05, 0.1) is 11.7 Å². The van der Waals surface area contributed by atoms with E-state index in [2.05, 4.69) is 29.5 Å². The first-order chi connectivity index (χ1) is 14.3. The second-order valence-electron chi connectivity index (χ2n) is 11.0. The van der Waals surface area contributed by atoms with Gasteiger partial charge in [-0.1, -0.05) is 37.3 Å². The Morgan fingerprint density at radius 1 is 1.17 bits per heavy atom. The molecule has 0 radical (unpaired) electrons. The molecule has 1 aromatic rings. The molecule has 5 heteroatoms. The van der Waals surface area contributed by atoms with Gasteiger partial charge in [-0.15, -0.1) is 0 Å². The number of hydrogen-bond acceptors (Lipinski definition) is 4. The lowest BCUT2D eigenvalue weighted by molar-refractivity contribution is -0.116. The fraction of sp³-hybridized carbons (Fsp3) is 0.800. The van der Waals surface area contributed by atoms with E-state index in [1.54, 1.807) is 17.3 Å².